The Morgan fingerprint density at radius 3 is 1.95 bits per heavy atom. The molecule has 1 aliphatic heterocycles. The molecule has 6 heteroatoms. The van der Waals surface area contributed by atoms with E-state index in [0.717, 1.165) is 44.1 Å². The minimum Gasteiger partial charge on any atom is -0.394 e. The topological polar surface area (TPSA) is 99.4 Å². The second-order valence-corrected chi connectivity index (χ2v) is 14.5. The second-order valence-electron chi connectivity index (χ2n) is 14.5. The van der Waals surface area contributed by atoms with Crippen LogP contribution in [0.2, 0.25) is 0 Å². The third kappa shape index (κ3) is 10.1. The Labute approximate surface area is 239 Å². The van der Waals surface area contributed by atoms with Crippen LogP contribution in [0.5, 0.6) is 0 Å². The smallest absolute Gasteiger partial charge is 0.172 e. The molecule has 0 aromatic rings. The second kappa shape index (κ2) is 15.1. The molecule has 3 saturated carbocycles. The summed E-state index contributed by atoms with van der Waals surface area (Å²) in [7, 11) is 0. The fourth-order valence-electron chi connectivity index (χ4n) is 7.34. The lowest BCUT2D eigenvalue weighted by Gasteiger charge is -2.44. The molecule has 10 atom stereocenters. The molecule has 4 rings (SSSR count). The summed E-state index contributed by atoms with van der Waals surface area (Å²) in [6.07, 6.45) is 9.11. The van der Waals surface area contributed by atoms with E-state index < -0.39 is 11.4 Å². The van der Waals surface area contributed by atoms with Crippen molar-refractivity contribution in [2.24, 2.45) is 41.4 Å². The van der Waals surface area contributed by atoms with E-state index in [-0.39, 0.29) is 30.8 Å². The zero-order chi connectivity index (χ0) is 29.5. The van der Waals surface area contributed by atoms with Crippen molar-refractivity contribution in [3.63, 3.8) is 0 Å². The van der Waals surface area contributed by atoms with Gasteiger partial charge in [-0.05, 0) is 83.0 Å². The summed E-state index contributed by atoms with van der Waals surface area (Å²) in [5.41, 5.74) is 0.420. The van der Waals surface area contributed by atoms with Gasteiger partial charge in [-0.25, -0.2) is 0 Å². The van der Waals surface area contributed by atoms with Crippen molar-refractivity contribution in [3.05, 3.63) is 12.2 Å². The van der Waals surface area contributed by atoms with E-state index in [1.807, 2.05) is 6.92 Å². The van der Waals surface area contributed by atoms with Crippen LogP contribution >= 0.6 is 0 Å². The molecule has 0 amide bonds. The van der Waals surface area contributed by atoms with Crippen LogP contribution < -0.4 is 0 Å². The standard InChI is InChI=1S/C13H24O3.C10H20O2.C10H18O/c1-9(2)12-5-4-10(3)6-13(12)15-8-11(7-14)16-13;1-7-4-5-8(9(11)6-7)10(2,3)12;1-7(2)9-5-4-8(3)6-10(9)11/h9-12,14H,4-8H2,1-3H3;7-9,11-12H,4-6H2,1-3H3;8-11H,1,4-6H2,2-3H3/t10-,11?,12+,13?;7-,8?,9-;8-,9?,10-/m111/s1. The van der Waals surface area contributed by atoms with Crippen LogP contribution in [0.4, 0.5) is 0 Å². The highest BCUT2D eigenvalue weighted by Crippen LogP contribution is 2.47. The number of aliphatic hydroxyl groups is 4. The summed E-state index contributed by atoms with van der Waals surface area (Å²) >= 11 is 0. The van der Waals surface area contributed by atoms with Crippen molar-refractivity contribution in [1.82, 2.24) is 0 Å². The molecule has 6 nitrogen and oxygen atoms in total. The molecule has 3 aliphatic carbocycles. The molecule has 4 N–H and O–H groups in total. The predicted octanol–water partition coefficient (Wildman–Crippen LogP) is 6.10. The van der Waals surface area contributed by atoms with Gasteiger partial charge in [-0.2, -0.15) is 0 Å². The molecule has 0 radical (unpaired) electrons. The van der Waals surface area contributed by atoms with Crippen molar-refractivity contribution in [2.45, 2.75) is 143 Å². The lowest BCUT2D eigenvalue weighted by atomic mass is 9.73. The first-order chi connectivity index (χ1) is 18.1. The van der Waals surface area contributed by atoms with E-state index in [9.17, 15) is 15.3 Å². The van der Waals surface area contributed by atoms with Gasteiger partial charge in [0, 0.05) is 24.2 Å². The fraction of sp³-hybridized carbons (Fsp3) is 0.939. The highest BCUT2D eigenvalue weighted by molar-refractivity contribution is 5.01. The van der Waals surface area contributed by atoms with Gasteiger partial charge in [-0.1, -0.05) is 59.6 Å². The van der Waals surface area contributed by atoms with E-state index in [0.29, 0.717) is 42.1 Å². The Kier molecular flexibility index (Phi) is 13.4. The quantitative estimate of drug-likeness (QED) is 0.314. The van der Waals surface area contributed by atoms with Crippen molar-refractivity contribution >= 4 is 0 Å². The van der Waals surface area contributed by atoms with Gasteiger partial charge in [0.05, 0.1) is 31.0 Å². The van der Waals surface area contributed by atoms with Gasteiger partial charge in [-0.3, -0.25) is 0 Å². The van der Waals surface area contributed by atoms with E-state index >= 15 is 0 Å². The van der Waals surface area contributed by atoms with Gasteiger partial charge >= 0.3 is 0 Å². The number of ether oxygens (including phenoxy) is 2. The molecule has 4 fully saturated rings. The van der Waals surface area contributed by atoms with E-state index in [2.05, 4.69) is 41.2 Å². The minimum atomic E-state index is -0.723. The zero-order valence-corrected chi connectivity index (χ0v) is 26.4. The molecule has 1 saturated heterocycles. The van der Waals surface area contributed by atoms with Crippen LogP contribution in [0.1, 0.15) is 113 Å². The molecule has 1 heterocycles. The first-order valence-corrected chi connectivity index (χ1v) is 15.8. The molecule has 4 unspecified atom stereocenters. The van der Waals surface area contributed by atoms with Crippen molar-refractivity contribution < 1.29 is 29.9 Å². The number of hydrogen-bond donors (Lipinski definition) is 4. The maximum Gasteiger partial charge on any atom is 0.172 e. The largest absolute Gasteiger partial charge is 0.394 e. The number of aliphatic hydroxyl groups excluding tert-OH is 3. The van der Waals surface area contributed by atoms with E-state index in [4.69, 9.17) is 14.6 Å². The SMILES string of the molecule is C=C(C)C1CC[C@@H](C)C[C@H]1O.CC(C)[C@@H]1CC[C@@H](C)CC12OCC(CO)O2.C[C@@H]1CCC(C(C)(C)O)[C@H](O)C1. The minimum absolute atomic E-state index is 0.0636. The van der Waals surface area contributed by atoms with Crippen molar-refractivity contribution in [1.29, 1.82) is 0 Å². The van der Waals surface area contributed by atoms with Crippen LogP contribution in [-0.2, 0) is 9.47 Å². The van der Waals surface area contributed by atoms with Crippen molar-refractivity contribution in [3.8, 4) is 0 Å². The number of rotatable bonds is 4. The van der Waals surface area contributed by atoms with Crippen LogP contribution in [0, 0.1) is 41.4 Å². The van der Waals surface area contributed by atoms with E-state index in [1.165, 1.54) is 19.3 Å². The monoisotopic (exact) mass is 554 g/mol. The van der Waals surface area contributed by atoms with Gasteiger partial charge in [0.2, 0.25) is 0 Å². The average Bonchev–Trinajstić information content (AvgIpc) is 3.21. The summed E-state index contributed by atoms with van der Waals surface area (Å²) < 4.78 is 12.0. The highest BCUT2D eigenvalue weighted by Gasteiger charge is 2.51. The van der Waals surface area contributed by atoms with Crippen LogP contribution in [0.3, 0.4) is 0 Å². The molecule has 4 aliphatic rings. The Hall–Kier alpha value is -0.500. The highest BCUT2D eigenvalue weighted by atomic mass is 16.7. The molecule has 1 spiro atoms. The molecule has 0 bridgehead atoms. The zero-order valence-electron chi connectivity index (χ0n) is 26.4. The average molecular weight is 555 g/mol. The van der Waals surface area contributed by atoms with Gasteiger partial charge in [0.1, 0.15) is 6.10 Å². The normalized spacial score (nSPS) is 40.9. The van der Waals surface area contributed by atoms with E-state index in [1.54, 1.807) is 13.8 Å². The lowest BCUT2D eigenvalue weighted by molar-refractivity contribution is -0.240. The van der Waals surface area contributed by atoms with Crippen LogP contribution in [0.15, 0.2) is 12.2 Å². The van der Waals surface area contributed by atoms with Gasteiger partial charge in [0.25, 0.3) is 0 Å². The Morgan fingerprint density at radius 2 is 1.49 bits per heavy atom. The summed E-state index contributed by atoms with van der Waals surface area (Å²) in [5.74, 6) is 3.04. The molecule has 230 valence electrons. The fourth-order valence-corrected chi connectivity index (χ4v) is 7.34. The maximum absolute atomic E-state index is 9.74. The van der Waals surface area contributed by atoms with Crippen LogP contribution in [0.25, 0.3) is 0 Å². The van der Waals surface area contributed by atoms with Crippen molar-refractivity contribution in [2.75, 3.05) is 13.2 Å². The summed E-state index contributed by atoms with van der Waals surface area (Å²) in [5, 5.41) is 38.3. The Balaban J connectivity index is 0.000000210. The first kappa shape index (κ1) is 34.7. The van der Waals surface area contributed by atoms with Gasteiger partial charge in [0.15, 0.2) is 5.79 Å². The molecule has 0 aromatic heterocycles. The summed E-state index contributed by atoms with van der Waals surface area (Å²) in [6, 6.07) is 0. The summed E-state index contributed by atoms with van der Waals surface area (Å²) in [6.45, 7) is 21.2. The molecular formula is C33H62O6. The molecular weight excluding hydrogens is 492 g/mol. The third-order valence-corrected chi connectivity index (χ3v) is 9.75. The Bertz CT molecular complexity index is 732. The summed E-state index contributed by atoms with van der Waals surface area (Å²) in [4.78, 5) is 0. The third-order valence-electron chi connectivity index (χ3n) is 9.75. The van der Waals surface area contributed by atoms with Gasteiger partial charge < -0.3 is 29.9 Å². The lowest BCUT2D eigenvalue weighted by Crippen LogP contribution is -2.47. The first-order valence-electron chi connectivity index (χ1n) is 15.8. The van der Waals surface area contributed by atoms with Gasteiger partial charge in [-0.15, -0.1) is 0 Å². The molecule has 0 aromatic carbocycles. The number of hydrogen-bond acceptors (Lipinski definition) is 6. The maximum atomic E-state index is 9.74. The predicted molar refractivity (Wildman–Crippen MR) is 158 cm³/mol. The Morgan fingerprint density at radius 1 is 0.923 bits per heavy atom. The molecule has 39 heavy (non-hydrogen) atoms. The van der Waals surface area contributed by atoms with Crippen LogP contribution in [-0.4, -0.2) is 63.3 Å².